The van der Waals surface area contributed by atoms with Gasteiger partial charge in [0.15, 0.2) is 11.4 Å². The minimum absolute atomic E-state index is 0.167. The van der Waals surface area contributed by atoms with E-state index < -0.39 is 0 Å². The number of furan rings is 1. The van der Waals surface area contributed by atoms with Crippen molar-refractivity contribution in [3.63, 3.8) is 0 Å². The second-order valence-corrected chi connectivity index (χ2v) is 8.36. The van der Waals surface area contributed by atoms with Crippen molar-refractivity contribution in [1.29, 1.82) is 0 Å². The Hall–Kier alpha value is -2.63. The predicted octanol–water partition coefficient (Wildman–Crippen LogP) is 4.82. The number of fused-ring (bicyclic) bond motifs is 3. The first kappa shape index (κ1) is 18.4. The fourth-order valence-electron chi connectivity index (χ4n) is 4.67. The van der Waals surface area contributed by atoms with Crippen molar-refractivity contribution in [2.75, 3.05) is 18.0 Å². The number of amides is 1. The van der Waals surface area contributed by atoms with Crippen LogP contribution in [0, 0.1) is 0 Å². The average molecular weight is 393 g/mol. The Morgan fingerprint density at radius 3 is 2.48 bits per heavy atom. The van der Waals surface area contributed by atoms with Gasteiger partial charge in [0.2, 0.25) is 5.82 Å². The van der Waals surface area contributed by atoms with Gasteiger partial charge in [-0.1, -0.05) is 44.2 Å². The van der Waals surface area contributed by atoms with E-state index in [0.29, 0.717) is 5.58 Å². The SMILES string of the molecule is O=C(NC1CCCCC1)c1nc(N2CCCCCC2)c2oc3ccccc3c2n1. The molecule has 0 radical (unpaired) electrons. The number of nitrogens with one attached hydrogen (secondary N) is 1. The van der Waals surface area contributed by atoms with Gasteiger partial charge in [-0.3, -0.25) is 4.79 Å². The number of anilines is 1. The lowest BCUT2D eigenvalue weighted by Gasteiger charge is -2.23. The number of hydrogen-bond donors (Lipinski definition) is 1. The highest BCUT2D eigenvalue weighted by Crippen LogP contribution is 2.33. The Kier molecular flexibility index (Phi) is 5.08. The van der Waals surface area contributed by atoms with Gasteiger partial charge in [-0.05, 0) is 37.8 Å². The maximum atomic E-state index is 13.0. The van der Waals surface area contributed by atoms with Gasteiger partial charge in [0.1, 0.15) is 11.1 Å². The summed E-state index contributed by atoms with van der Waals surface area (Å²) in [7, 11) is 0. The molecule has 2 aliphatic rings. The number of rotatable bonds is 3. The Bertz CT molecular complexity index is 1010. The molecule has 0 bridgehead atoms. The van der Waals surface area contributed by atoms with E-state index in [0.717, 1.165) is 61.1 Å². The molecule has 1 aliphatic heterocycles. The lowest BCUT2D eigenvalue weighted by molar-refractivity contribution is 0.0917. The van der Waals surface area contributed by atoms with Crippen LogP contribution < -0.4 is 10.2 Å². The van der Waals surface area contributed by atoms with Crippen LogP contribution in [0.5, 0.6) is 0 Å². The molecule has 1 saturated carbocycles. The van der Waals surface area contributed by atoms with Crippen molar-refractivity contribution < 1.29 is 9.21 Å². The summed E-state index contributed by atoms with van der Waals surface area (Å²) in [5, 5.41) is 4.11. The highest BCUT2D eigenvalue weighted by Gasteiger charge is 2.25. The van der Waals surface area contributed by atoms with E-state index in [9.17, 15) is 4.79 Å². The molecule has 3 heterocycles. The van der Waals surface area contributed by atoms with E-state index in [-0.39, 0.29) is 17.8 Å². The predicted molar refractivity (Wildman–Crippen MR) is 114 cm³/mol. The molecule has 0 spiro atoms. The summed E-state index contributed by atoms with van der Waals surface area (Å²) in [6.07, 6.45) is 10.4. The van der Waals surface area contributed by atoms with Gasteiger partial charge in [0, 0.05) is 24.5 Å². The normalized spacial score (nSPS) is 18.8. The minimum atomic E-state index is -0.167. The van der Waals surface area contributed by atoms with E-state index >= 15 is 0 Å². The van der Waals surface area contributed by atoms with Crippen LogP contribution in [0.1, 0.15) is 68.4 Å². The van der Waals surface area contributed by atoms with Crippen molar-refractivity contribution in [2.45, 2.75) is 63.8 Å². The number of aromatic nitrogens is 2. The third kappa shape index (κ3) is 3.68. The van der Waals surface area contributed by atoms with Gasteiger partial charge < -0.3 is 14.6 Å². The Balaban J connectivity index is 1.58. The first-order valence-electron chi connectivity index (χ1n) is 11.0. The molecule has 5 rings (SSSR count). The molecule has 1 amide bonds. The molecule has 152 valence electrons. The highest BCUT2D eigenvalue weighted by molar-refractivity contribution is 6.07. The van der Waals surface area contributed by atoms with Crippen LogP contribution in [0.4, 0.5) is 5.82 Å². The summed E-state index contributed by atoms with van der Waals surface area (Å²) < 4.78 is 6.16. The Labute approximate surface area is 170 Å². The van der Waals surface area contributed by atoms with Crippen LogP contribution >= 0.6 is 0 Å². The van der Waals surface area contributed by atoms with Crippen LogP contribution in [-0.2, 0) is 0 Å². The van der Waals surface area contributed by atoms with Gasteiger partial charge in [-0.15, -0.1) is 0 Å². The second-order valence-electron chi connectivity index (χ2n) is 8.36. The van der Waals surface area contributed by atoms with Crippen molar-refractivity contribution >= 4 is 33.8 Å². The molecule has 1 N–H and O–H groups in total. The summed E-state index contributed by atoms with van der Waals surface area (Å²) in [6, 6.07) is 8.12. The number of nitrogens with zero attached hydrogens (tertiary/aromatic N) is 3. The van der Waals surface area contributed by atoms with Gasteiger partial charge >= 0.3 is 0 Å². The minimum Gasteiger partial charge on any atom is -0.450 e. The lowest BCUT2D eigenvalue weighted by Crippen LogP contribution is -2.37. The Morgan fingerprint density at radius 1 is 0.966 bits per heavy atom. The average Bonchev–Trinajstić information content (AvgIpc) is 2.93. The number of benzene rings is 1. The zero-order valence-corrected chi connectivity index (χ0v) is 16.8. The summed E-state index contributed by atoms with van der Waals surface area (Å²) in [6.45, 7) is 1.87. The Morgan fingerprint density at radius 2 is 1.69 bits per heavy atom. The third-order valence-electron chi connectivity index (χ3n) is 6.25. The molecule has 0 unspecified atom stereocenters. The first-order valence-corrected chi connectivity index (χ1v) is 11.0. The van der Waals surface area contributed by atoms with E-state index in [4.69, 9.17) is 9.40 Å². The molecule has 0 atom stereocenters. The number of hydrogen-bond acceptors (Lipinski definition) is 5. The number of carbonyl (C=O) groups is 1. The smallest absolute Gasteiger partial charge is 0.289 e. The summed E-state index contributed by atoms with van der Waals surface area (Å²) in [4.78, 5) is 24.7. The number of para-hydroxylation sites is 1. The molecular weight excluding hydrogens is 364 g/mol. The molecule has 6 heteroatoms. The number of carbonyl (C=O) groups excluding carboxylic acids is 1. The van der Waals surface area contributed by atoms with E-state index in [1.54, 1.807) is 0 Å². The maximum Gasteiger partial charge on any atom is 0.289 e. The van der Waals surface area contributed by atoms with Crippen molar-refractivity contribution in [1.82, 2.24) is 15.3 Å². The van der Waals surface area contributed by atoms with Crippen molar-refractivity contribution in [3.05, 3.63) is 30.1 Å². The van der Waals surface area contributed by atoms with Gasteiger partial charge in [-0.25, -0.2) is 9.97 Å². The van der Waals surface area contributed by atoms with Crippen LogP contribution in [0.15, 0.2) is 28.7 Å². The molecule has 1 saturated heterocycles. The maximum absolute atomic E-state index is 13.0. The lowest BCUT2D eigenvalue weighted by atomic mass is 9.95. The fraction of sp³-hybridized carbons (Fsp3) is 0.522. The van der Waals surface area contributed by atoms with Crippen LogP contribution in [0.3, 0.4) is 0 Å². The van der Waals surface area contributed by atoms with Crippen LogP contribution in [0.25, 0.3) is 22.1 Å². The molecule has 2 aromatic heterocycles. The van der Waals surface area contributed by atoms with Gasteiger partial charge in [-0.2, -0.15) is 0 Å². The summed E-state index contributed by atoms with van der Waals surface area (Å²) in [5.41, 5.74) is 2.23. The molecule has 2 fully saturated rings. The van der Waals surface area contributed by atoms with Crippen molar-refractivity contribution in [3.8, 4) is 0 Å². The van der Waals surface area contributed by atoms with Crippen LogP contribution in [0.2, 0.25) is 0 Å². The fourth-order valence-corrected chi connectivity index (χ4v) is 4.67. The van der Waals surface area contributed by atoms with Crippen molar-refractivity contribution in [2.24, 2.45) is 0 Å². The molecule has 29 heavy (non-hydrogen) atoms. The first-order chi connectivity index (χ1) is 14.3. The molecular formula is C23H28N4O2. The summed E-state index contributed by atoms with van der Waals surface area (Å²) >= 11 is 0. The van der Waals surface area contributed by atoms with Gasteiger partial charge in [0.05, 0.1) is 0 Å². The zero-order chi connectivity index (χ0) is 19.6. The second kappa shape index (κ2) is 8.01. The van der Waals surface area contributed by atoms with E-state index in [1.807, 2.05) is 24.3 Å². The van der Waals surface area contributed by atoms with E-state index in [1.165, 1.54) is 32.1 Å². The topological polar surface area (TPSA) is 71.3 Å². The molecule has 6 nitrogen and oxygen atoms in total. The zero-order valence-electron chi connectivity index (χ0n) is 16.8. The summed E-state index contributed by atoms with van der Waals surface area (Å²) in [5.74, 6) is 0.857. The van der Waals surface area contributed by atoms with Crippen LogP contribution in [-0.4, -0.2) is 35.0 Å². The molecule has 1 aliphatic carbocycles. The monoisotopic (exact) mass is 392 g/mol. The van der Waals surface area contributed by atoms with E-state index in [2.05, 4.69) is 15.2 Å². The third-order valence-corrected chi connectivity index (χ3v) is 6.25. The largest absolute Gasteiger partial charge is 0.450 e. The standard InChI is InChI=1S/C23H28N4O2/c28-23(24-16-10-4-3-5-11-16)21-25-19-17-12-6-7-13-18(17)29-20(19)22(26-21)27-14-8-1-2-9-15-27/h6-7,12-13,16H,1-5,8-11,14-15H2,(H,24,28). The highest BCUT2D eigenvalue weighted by atomic mass is 16.3. The molecule has 1 aromatic carbocycles. The van der Waals surface area contributed by atoms with Gasteiger partial charge in [0.25, 0.3) is 5.91 Å². The molecule has 3 aromatic rings. The quantitative estimate of drug-likeness (QED) is 0.692.